The zero-order valence-corrected chi connectivity index (χ0v) is 11.0. The molecule has 4 nitrogen and oxygen atoms in total. The van der Waals surface area contributed by atoms with Gasteiger partial charge in [-0.15, -0.1) is 0 Å². The lowest BCUT2D eigenvalue weighted by Gasteiger charge is -2.34. The highest BCUT2D eigenvalue weighted by Crippen LogP contribution is 2.13. The number of ether oxygens (including phenoxy) is 1. The molecule has 0 aliphatic carbocycles. The molecule has 2 rings (SSSR count). The van der Waals surface area contributed by atoms with E-state index in [2.05, 4.69) is 4.90 Å². The van der Waals surface area contributed by atoms with Crippen LogP contribution < -0.4 is 5.73 Å². The average molecular weight is 266 g/mol. The Kier molecular flexibility index (Phi) is 4.66. The molecule has 1 aliphatic heterocycles. The maximum Gasteiger partial charge on any atom is 0.103 e. The SMILES string of the molecule is NC(=S)c1cccc(CN2CCOCC2CO)c1. The third kappa shape index (κ3) is 3.26. The van der Waals surface area contributed by atoms with Crippen molar-refractivity contribution in [1.82, 2.24) is 4.90 Å². The molecule has 5 heteroatoms. The smallest absolute Gasteiger partial charge is 0.103 e. The zero-order valence-electron chi connectivity index (χ0n) is 10.2. The van der Waals surface area contributed by atoms with Crippen LogP contribution in [0.15, 0.2) is 24.3 Å². The fourth-order valence-corrected chi connectivity index (χ4v) is 2.25. The number of aliphatic hydroxyl groups is 1. The van der Waals surface area contributed by atoms with Gasteiger partial charge >= 0.3 is 0 Å². The minimum absolute atomic E-state index is 0.0761. The first kappa shape index (κ1) is 13.4. The number of benzene rings is 1. The molecule has 0 saturated carbocycles. The van der Waals surface area contributed by atoms with Crippen molar-refractivity contribution in [3.63, 3.8) is 0 Å². The van der Waals surface area contributed by atoms with Crippen LogP contribution in [0.2, 0.25) is 0 Å². The fourth-order valence-electron chi connectivity index (χ4n) is 2.12. The molecule has 0 amide bonds. The molecule has 98 valence electrons. The summed E-state index contributed by atoms with van der Waals surface area (Å²) in [4.78, 5) is 2.64. The van der Waals surface area contributed by atoms with Gasteiger partial charge in [-0.05, 0) is 11.6 Å². The first-order valence-corrected chi connectivity index (χ1v) is 6.43. The van der Waals surface area contributed by atoms with Crippen molar-refractivity contribution >= 4 is 17.2 Å². The summed E-state index contributed by atoms with van der Waals surface area (Å²) in [5.41, 5.74) is 7.67. The second kappa shape index (κ2) is 6.24. The lowest BCUT2D eigenvalue weighted by atomic mass is 10.1. The molecule has 1 saturated heterocycles. The van der Waals surface area contributed by atoms with Crippen molar-refractivity contribution in [2.24, 2.45) is 5.73 Å². The number of nitrogens with two attached hydrogens (primary N) is 1. The molecule has 0 radical (unpaired) electrons. The van der Waals surface area contributed by atoms with E-state index in [0.29, 0.717) is 18.2 Å². The Morgan fingerprint density at radius 1 is 1.56 bits per heavy atom. The van der Waals surface area contributed by atoms with E-state index in [9.17, 15) is 5.11 Å². The number of hydrogen-bond donors (Lipinski definition) is 2. The van der Waals surface area contributed by atoms with Crippen molar-refractivity contribution in [1.29, 1.82) is 0 Å². The molecule has 1 heterocycles. The topological polar surface area (TPSA) is 58.7 Å². The summed E-state index contributed by atoms with van der Waals surface area (Å²) in [6.07, 6.45) is 0. The van der Waals surface area contributed by atoms with Gasteiger partial charge in [0.2, 0.25) is 0 Å². The summed E-state index contributed by atoms with van der Waals surface area (Å²) in [5.74, 6) is 0. The molecule has 0 bridgehead atoms. The molecule has 1 unspecified atom stereocenters. The van der Waals surface area contributed by atoms with Gasteiger partial charge < -0.3 is 15.6 Å². The third-order valence-corrected chi connectivity index (χ3v) is 3.39. The molecule has 1 atom stereocenters. The van der Waals surface area contributed by atoms with E-state index in [1.165, 1.54) is 0 Å². The lowest BCUT2D eigenvalue weighted by molar-refractivity contribution is -0.0312. The van der Waals surface area contributed by atoms with Gasteiger partial charge in [-0.2, -0.15) is 0 Å². The predicted molar refractivity (Wildman–Crippen MR) is 74.4 cm³/mol. The Labute approximate surface area is 112 Å². The van der Waals surface area contributed by atoms with E-state index in [1.54, 1.807) is 0 Å². The van der Waals surface area contributed by atoms with Crippen molar-refractivity contribution in [2.75, 3.05) is 26.4 Å². The van der Waals surface area contributed by atoms with Crippen molar-refractivity contribution < 1.29 is 9.84 Å². The number of aliphatic hydroxyl groups excluding tert-OH is 1. The van der Waals surface area contributed by atoms with Crippen LogP contribution in [0.5, 0.6) is 0 Å². The summed E-state index contributed by atoms with van der Waals surface area (Å²) in [6.45, 7) is 3.04. The molecule has 1 aromatic carbocycles. The van der Waals surface area contributed by atoms with Crippen molar-refractivity contribution in [2.45, 2.75) is 12.6 Å². The van der Waals surface area contributed by atoms with Gasteiger partial charge in [0.05, 0.1) is 25.9 Å². The molecule has 1 fully saturated rings. The van der Waals surface area contributed by atoms with E-state index in [1.807, 2.05) is 24.3 Å². The quantitative estimate of drug-likeness (QED) is 0.778. The Bertz CT molecular complexity index is 425. The second-order valence-corrected chi connectivity index (χ2v) is 4.89. The normalized spacial score (nSPS) is 20.8. The van der Waals surface area contributed by atoms with Gasteiger partial charge in [0.1, 0.15) is 4.99 Å². The summed E-state index contributed by atoms with van der Waals surface area (Å²) in [5, 5.41) is 9.32. The van der Waals surface area contributed by atoms with Crippen LogP contribution in [0.4, 0.5) is 0 Å². The van der Waals surface area contributed by atoms with Crippen LogP contribution in [0, 0.1) is 0 Å². The van der Waals surface area contributed by atoms with E-state index < -0.39 is 0 Å². The highest BCUT2D eigenvalue weighted by atomic mass is 32.1. The van der Waals surface area contributed by atoms with E-state index >= 15 is 0 Å². The van der Waals surface area contributed by atoms with Crippen LogP contribution >= 0.6 is 12.2 Å². The number of thiocarbonyl (C=S) groups is 1. The highest BCUT2D eigenvalue weighted by molar-refractivity contribution is 7.80. The zero-order chi connectivity index (χ0) is 13.0. The summed E-state index contributed by atoms with van der Waals surface area (Å²) in [7, 11) is 0. The summed E-state index contributed by atoms with van der Waals surface area (Å²) >= 11 is 4.98. The van der Waals surface area contributed by atoms with Crippen LogP contribution in [0.3, 0.4) is 0 Å². The maximum absolute atomic E-state index is 9.32. The minimum Gasteiger partial charge on any atom is -0.395 e. The number of morpholine rings is 1. The molecule has 1 aromatic rings. The Morgan fingerprint density at radius 2 is 2.39 bits per heavy atom. The van der Waals surface area contributed by atoms with Gasteiger partial charge in [0, 0.05) is 18.7 Å². The van der Waals surface area contributed by atoms with Crippen LogP contribution in [0.1, 0.15) is 11.1 Å². The van der Waals surface area contributed by atoms with Gasteiger partial charge in [-0.1, -0.05) is 30.4 Å². The first-order chi connectivity index (χ1) is 8.70. The second-order valence-electron chi connectivity index (χ2n) is 4.45. The first-order valence-electron chi connectivity index (χ1n) is 6.02. The summed E-state index contributed by atoms with van der Waals surface area (Å²) < 4.78 is 5.36. The van der Waals surface area contributed by atoms with E-state index in [-0.39, 0.29) is 12.6 Å². The largest absolute Gasteiger partial charge is 0.395 e. The van der Waals surface area contributed by atoms with Crippen molar-refractivity contribution in [3.05, 3.63) is 35.4 Å². The monoisotopic (exact) mass is 266 g/mol. The molecule has 18 heavy (non-hydrogen) atoms. The highest BCUT2D eigenvalue weighted by Gasteiger charge is 2.22. The molecule has 0 aromatic heterocycles. The Balaban J connectivity index is 2.07. The van der Waals surface area contributed by atoms with Crippen LogP contribution in [-0.4, -0.2) is 47.4 Å². The summed E-state index contributed by atoms with van der Waals surface area (Å²) in [6, 6.07) is 8.00. The Hall–Kier alpha value is -1.01. The Morgan fingerprint density at radius 3 is 3.11 bits per heavy atom. The standard InChI is InChI=1S/C13H18N2O2S/c14-13(18)11-3-1-2-10(6-11)7-15-4-5-17-9-12(15)8-16/h1-3,6,12,16H,4-5,7-9H2,(H2,14,18). The van der Waals surface area contributed by atoms with Crippen LogP contribution in [-0.2, 0) is 11.3 Å². The number of rotatable bonds is 4. The minimum atomic E-state index is 0.0761. The maximum atomic E-state index is 9.32. The average Bonchev–Trinajstić information content (AvgIpc) is 2.39. The molecular weight excluding hydrogens is 248 g/mol. The van der Waals surface area contributed by atoms with Gasteiger partial charge in [-0.3, -0.25) is 4.90 Å². The number of nitrogens with zero attached hydrogens (tertiary/aromatic N) is 1. The molecule has 0 spiro atoms. The van der Waals surface area contributed by atoms with E-state index in [0.717, 1.165) is 24.2 Å². The fraction of sp³-hybridized carbons (Fsp3) is 0.462. The third-order valence-electron chi connectivity index (χ3n) is 3.16. The van der Waals surface area contributed by atoms with Gasteiger partial charge in [0.25, 0.3) is 0 Å². The molecule has 3 N–H and O–H groups in total. The molecular formula is C13H18N2O2S. The molecule has 1 aliphatic rings. The number of hydrogen-bond acceptors (Lipinski definition) is 4. The van der Waals surface area contributed by atoms with Gasteiger partial charge in [-0.25, -0.2) is 0 Å². The van der Waals surface area contributed by atoms with Gasteiger partial charge in [0.15, 0.2) is 0 Å². The van der Waals surface area contributed by atoms with Crippen LogP contribution in [0.25, 0.3) is 0 Å². The van der Waals surface area contributed by atoms with E-state index in [4.69, 9.17) is 22.7 Å². The predicted octanol–water partition coefficient (Wildman–Crippen LogP) is 0.514. The van der Waals surface area contributed by atoms with Crippen molar-refractivity contribution in [3.8, 4) is 0 Å². The lowest BCUT2D eigenvalue weighted by Crippen LogP contribution is -2.46.